The van der Waals surface area contributed by atoms with E-state index >= 15 is 0 Å². The van der Waals surface area contributed by atoms with Gasteiger partial charge in [0.2, 0.25) is 0 Å². The van der Waals surface area contributed by atoms with Crippen molar-refractivity contribution in [1.82, 2.24) is 10.6 Å². The zero-order valence-electron chi connectivity index (χ0n) is 11.2. The molecule has 0 saturated carbocycles. The Balaban J connectivity index is 2.34. The van der Waals surface area contributed by atoms with Crippen LogP contribution >= 0.6 is 0 Å². The summed E-state index contributed by atoms with van der Waals surface area (Å²) in [5.74, 6) is 0.868. The third kappa shape index (κ3) is 5.38. The quantitative estimate of drug-likeness (QED) is 0.617. The van der Waals surface area contributed by atoms with E-state index in [2.05, 4.69) is 60.7 Å². The predicted octanol–water partition coefficient (Wildman–Crippen LogP) is 2.11. The molecule has 0 unspecified atom stereocenters. The smallest absolute Gasteiger partial charge is 0.191 e. The molecule has 1 rings (SSSR count). The van der Waals surface area contributed by atoms with Crippen molar-refractivity contribution in [2.45, 2.75) is 33.2 Å². The second kappa shape index (κ2) is 6.94. The van der Waals surface area contributed by atoms with Crippen LogP contribution in [0.25, 0.3) is 0 Å². The molecule has 1 aromatic rings. The van der Waals surface area contributed by atoms with E-state index in [0.717, 1.165) is 18.9 Å². The topological polar surface area (TPSA) is 36.4 Å². The van der Waals surface area contributed by atoms with Gasteiger partial charge in [0, 0.05) is 19.6 Å². The van der Waals surface area contributed by atoms with Crippen LogP contribution in [0.4, 0.5) is 0 Å². The Bertz CT molecular complexity index is 352. The van der Waals surface area contributed by atoms with Gasteiger partial charge in [-0.15, -0.1) is 0 Å². The summed E-state index contributed by atoms with van der Waals surface area (Å²) in [6.45, 7) is 7.21. The highest BCUT2D eigenvalue weighted by molar-refractivity contribution is 5.79. The number of nitrogens with one attached hydrogen (secondary N) is 2. The van der Waals surface area contributed by atoms with Gasteiger partial charge >= 0.3 is 0 Å². The standard InChI is InChI=1S/C14H23N3/c1-11(2)17-14(15-4)16-10-9-13-7-5-12(3)6-8-13/h5-8,11H,9-10H2,1-4H3,(H2,15,16,17). The molecule has 3 nitrogen and oxygen atoms in total. The Labute approximate surface area is 104 Å². The fourth-order valence-electron chi connectivity index (χ4n) is 1.55. The molecule has 0 amide bonds. The highest BCUT2D eigenvalue weighted by Crippen LogP contribution is 2.02. The van der Waals surface area contributed by atoms with Crippen LogP contribution in [0.15, 0.2) is 29.3 Å². The Morgan fingerprint density at radius 2 is 1.88 bits per heavy atom. The van der Waals surface area contributed by atoms with Crippen molar-refractivity contribution in [2.24, 2.45) is 4.99 Å². The maximum atomic E-state index is 4.17. The van der Waals surface area contributed by atoms with Crippen molar-refractivity contribution in [3.05, 3.63) is 35.4 Å². The fraction of sp³-hybridized carbons (Fsp3) is 0.500. The molecule has 0 aliphatic rings. The maximum Gasteiger partial charge on any atom is 0.191 e. The van der Waals surface area contributed by atoms with Crippen LogP contribution in [0, 0.1) is 6.92 Å². The average molecular weight is 233 g/mol. The number of hydrogen-bond donors (Lipinski definition) is 2. The largest absolute Gasteiger partial charge is 0.356 e. The molecule has 0 heterocycles. The minimum atomic E-state index is 0.403. The van der Waals surface area contributed by atoms with Gasteiger partial charge in [0.15, 0.2) is 5.96 Å². The van der Waals surface area contributed by atoms with Gasteiger partial charge in [-0.3, -0.25) is 4.99 Å². The monoisotopic (exact) mass is 233 g/mol. The second-order valence-electron chi connectivity index (χ2n) is 4.53. The third-order valence-electron chi connectivity index (χ3n) is 2.48. The first-order valence-electron chi connectivity index (χ1n) is 6.14. The number of benzene rings is 1. The van der Waals surface area contributed by atoms with Crippen molar-refractivity contribution in [3.8, 4) is 0 Å². The SMILES string of the molecule is CN=C(NCCc1ccc(C)cc1)NC(C)C. The Morgan fingerprint density at radius 1 is 1.24 bits per heavy atom. The van der Waals surface area contributed by atoms with Crippen LogP contribution < -0.4 is 10.6 Å². The molecular formula is C14H23N3. The molecule has 0 atom stereocenters. The summed E-state index contributed by atoms with van der Waals surface area (Å²) in [5.41, 5.74) is 2.65. The minimum absolute atomic E-state index is 0.403. The summed E-state index contributed by atoms with van der Waals surface area (Å²) < 4.78 is 0. The number of aryl methyl sites for hydroxylation is 1. The summed E-state index contributed by atoms with van der Waals surface area (Å²) in [6, 6.07) is 9.05. The highest BCUT2D eigenvalue weighted by atomic mass is 15.2. The summed E-state index contributed by atoms with van der Waals surface area (Å²) in [4.78, 5) is 4.17. The molecule has 2 N–H and O–H groups in total. The van der Waals surface area contributed by atoms with E-state index in [9.17, 15) is 0 Å². The van der Waals surface area contributed by atoms with Gasteiger partial charge in [-0.05, 0) is 32.8 Å². The van der Waals surface area contributed by atoms with E-state index in [4.69, 9.17) is 0 Å². The van der Waals surface area contributed by atoms with Crippen molar-refractivity contribution < 1.29 is 0 Å². The number of aliphatic imine (C=N–C) groups is 1. The van der Waals surface area contributed by atoms with Crippen LogP contribution in [0.1, 0.15) is 25.0 Å². The van der Waals surface area contributed by atoms with E-state index in [1.807, 2.05) is 0 Å². The van der Waals surface area contributed by atoms with Crippen molar-refractivity contribution >= 4 is 5.96 Å². The summed E-state index contributed by atoms with van der Waals surface area (Å²) in [5, 5.41) is 6.57. The minimum Gasteiger partial charge on any atom is -0.356 e. The zero-order chi connectivity index (χ0) is 12.7. The lowest BCUT2D eigenvalue weighted by Crippen LogP contribution is -2.41. The third-order valence-corrected chi connectivity index (χ3v) is 2.48. The summed E-state index contributed by atoms with van der Waals surface area (Å²) in [7, 11) is 1.80. The molecule has 3 heteroatoms. The zero-order valence-corrected chi connectivity index (χ0v) is 11.2. The Morgan fingerprint density at radius 3 is 2.41 bits per heavy atom. The Kier molecular flexibility index (Phi) is 5.53. The lowest BCUT2D eigenvalue weighted by Gasteiger charge is -2.14. The van der Waals surface area contributed by atoms with Crippen LogP contribution in [-0.4, -0.2) is 25.6 Å². The van der Waals surface area contributed by atoms with Crippen LogP contribution in [0.2, 0.25) is 0 Å². The van der Waals surface area contributed by atoms with E-state index in [0.29, 0.717) is 6.04 Å². The van der Waals surface area contributed by atoms with Crippen molar-refractivity contribution in [3.63, 3.8) is 0 Å². The molecule has 0 bridgehead atoms. The molecule has 0 fully saturated rings. The molecule has 0 aliphatic heterocycles. The normalized spacial score (nSPS) is 11.7. The van der Waals surface area contributed by atoms with E-state index < -0.39 is 0 Å². The molecular weight excluding hydrogens is 210 g/mol. The van der Waals surface area contributed by atoms with Gasteiger partial charge in [0.1, 0.15) is 0 Å². The highest BCUT2D eigenvalue weighted by Gasteiger charge is 1.99. The average Bonchev–Trinajstić information content (AvgIpc) is 2.30. The number of nitrogens with zero attached hydrogens (tertiary/aromatic N) is 1. The van der Waals surface area contributed by atoms with Crippen molar-refractivity contribution in [1.29, 1.82) is 0 Å². The van der Waals surface area contributed by atoms with Crippen LogP contribution in [-0.2, 0) is 6.42 Å². The molecule has 0 spiro atoms. The molecule has 0 saturated heterocycles. The molecule has 0 aliphatic carbocycles. The summed E-state index contributed by atoms with van der Waals surface area (Å²) >= 11 is 0. The van der Waals surface area contributed by atoms with Gasteiger partial charge in [0.25, 0.3) is 0 Å². The fourth-order valence-corrected chi connectivity index (χ4v) is 1.55. The molecule has 94 valence electrons. The lowest BCUT2D eigenvalue weighted by molar-refractivity contribution is 0.698. The van der Waals surface area contributed by atoms with E-state index in [1.54, 1.807) is 7.05 Å². The molecule has 0 radical (unpaired) electrons. The van der Waals surface area contributed by atoms with Gasteiger partial charge < -0.3 is 10.6 Å². The molecule has 17 heavy (non-hydrogen) atoms. The van der Waals surface area contributed by atoms with E-state index in [-0.39, 0.29) is 0 Å². The van der Waals surface area contributed by atoms with Gasteiger partial charge in [-0.1, -0.05) is 29.8 Å². The molecule has 1 aromatic carbocycles. The van der Waals surface area contributed by atoms with Crippen LogP contribution in [0.3, 0.4) is 0 Å². The molecule has 0 aromatic heterocycles. The van der Waals surface area contributed by atoms with E-state index in [1.165, 1.54) is 11.1 Å². The first-order chi connectivity index (χ1) is 8.11. The van der Waals surface area contributed by atoms with Gasteiger partial charge in [-0.25, -0.2) is 0 Å². The second-order valence-corrected chi connectivity index (χ2v) is 4.53. The summed E-state index contributed by atoms with van der Waals surface area (Å²) in [6.07, 6.45) is 1.01. The first kappa shape index (κ1) is 13.6. The first-order valence-corrected chi connectivity index (χ1v) is 6.14. The number of hydrogen-bond acceptors (Lipinski definition) is 1. The maximum absolute atomic E-state index is 4.17. The lowest BCUT2D eigenvalue weighted by atomic mass is 10.1. The van der Waals surface area contributed by atoms with Gasteiger partial charge in [-0.2, -0.15) is 0 Å². The predicted molar refractivity (Wildman–Crippen MR) is 74.5 cm³/mol. The number of rotatable bonds is 4. The van der Waals surface area contributed by atoms with Crippen LogP contribution in [0.5, 0.6) is 0 Å². The number of guanidine groups is 1. The van der Waals surface area contributed by atoms with Crippen molar-refractivity contribution in [2.75, 3.05) is 13.6 Å². The Hall–Kier alpha value is -1.51. The van der Waals surface area contributed by atoms with Gasteiger partial charge in [0.05, 0.1) is 0 Å².